The molecule has 2 aromatic rings. The maximum Gasteiger partial charge on any atom is 0.342 e. The molecule has 0 saturated carbocycles. The Morgan fingerprint density at radius 2 is 1.61 bits per heavy atom. The van der Waals surface area contributed by atoms with Crippen molar-refractivity contribution in [3.05, 3.63) is 47.5 Å². The molecule has 1 atom stereocenters. The van der Waals surface area contributed by atoms with E-state index in [4.69, 9.17) is 24.2 Å². The van der Waals surface area contributed by atoms with Gasteiger partial charge in [0.25, 0.3) is 5.91 Å². The van der Waals surface area contributed by atoms with E-state index in [0.29, 0.717) is 17.0 Å². The Morgan fingerprint density at radius 3 is 2.14 bits per heavy atom. The largest absolute Gasteiger partial charge is 0.493 e. The number of anilines is 1. The number of nitrogens with one attached hydrogen (secondary N) is 1. The maximum absolute atomic E-state index is 12.5. The Morgan fingerprint density at radius 1 is 0.964 bits per heavy atom. The molecule has 1 amide bonds. The first-order valence-electron chi connectivity index (χ1n) is 8.26. The summed E-state index contributed by atoms with van der Waals surface area (Å²) >= 11 is 0. The van der Waals surface area contributed by atoms with E-state index in [1.54, 1.807) is 30.3 Å². The van der Waals surface area contributed by atoms with Gasteiger partial charge in [-0.15, -0.1) is 0 Å². The number of rotatable bonds is 7. The van der Waals surface area contributed by atoms with E-state index >= 15 is 0 Å². The van der Waals surface area contributed by atoms with Gasteiger partial charge in [-0.3, -0.25) is 4.79 Å². The van der Waals surface area contributed by atoms with Crippen LogP contribution in [0.4, 0.5) is 5.69 Å². The van der Waals surface area contributed by atoms with Crippen LogP contribution < -0.4 is 19.5 Å². The number of hydrogen-bond donors (Lipinski definition) is 1. The first-order chi connectivity index (χ1) is 13.4. The topological polar surface area (TPSA) is 107 Å². The quantitative estimate of drug-likeness (QED) is 0.732. The number of nitrogens with zero attached hydrogens (tertiary/aromatic N) is 1. The van der Waals surface area contributed by atoms with Crippen molar-refractivity contribution in [2.75, 3.05) is 26.6 Å². The van der Waals surface area contributed by atoms with Crippen molar-refractivity contribution in [1.82, 2.24) is 0 Å². The van der Waals surface area contributed by atoms with Gasteiger partial charge in [-0.2, -0.15) is 5.26 Å². The van der Waals surface area contributed by atoms with Crippen LogP contribution >= 0.6 is 0 Å². The van der Waals surface area contributed by atoms with E-state index in [-0.39, 0.29) is 17.1 Å². The molecule has 1 N–H and O–H groups in total. The standard InChI is InChI=1S/C20H20N2O6/c1-12(19(23)22-14-7-5-13(11-21)6-8-14)28-20(24)15-9-10-16(25-2)18(27-4)17(15)26-3/h5-10,12H,1-4H3,(H,22,23)/t12-/m1/s1. The van der Waals surface area contributed by atoms with Gasteiger partial charge in [0.05, 0.1) is 33.0 Å². The fourth-order valence-electron chi connectivity index (χ4n) is 2.41. The molecule has 2 aromatic carbocycles. The minimum absolute atomic E-state index is 0.0955. The summed E-state index contributed by atoms with van der Waals surface area (Å²) < 4.78 is 20.9. The highest BCUT2D eigenvalue weighted by atomic mass is 16.6. The monoisotopic (exact) mass is 384 g/mol. The lowest BCUT2D eigenvalue weighted by molar-refractivity contribution is -0.123. The van der Waals surface area contributed by atoms with Crippen molar-refractivity contribution >= 4 is 17.6 Å². The SMILES string of the molecule is COc1ccc(C(=O)O[C@H](C)C(=O)Nc2ccc(C#N)cc2)c(OC)c1OC. The summed E-state index contributed by atoms with van der Waals surface area (Å²) in [6.07, 6.45) is -1.07. The zero-order valence-electron chi connectivity index (χ0n) is 15.9. The summed E-state index contributed by atoms with van der Waals surface area (Å²) in [6.45, 7) is 1.45. The fourth-order valence-corrected chi connectivity index (χ4v) is 2.41. The molecular weight excluding hydrogens is 364 g/mol. The summed E-state index contributed by atoms with van der Waals surface area (Å²) in [5, 5.41) is 11.4. The Balaban J connectivity index is 2.13. The molecule has 0 aliphatic carbocycles. The number of carbonyl (C=O) groups excluding carboxylic acids is 2. The van der Waals surface area contributed by atoms with E-state index in [0.717, 1.165) is 0 Å². The van der Waals surface area contributed by atoms with Crippen molar-refractivity contribution in [3.63, 3.8) is 0 Å². The summed E-state index contributed by atoms with van der Waals surface area (Å²) in [7, 11) is 4.27. The van der Waals surface area contributed by atoms with E-state index in [9.17, 15) is 9.59 Å². The van der Waals surface area contributed by atoms with Crippen molar-refractivity contribution in [3.8, 4) is 23.3 Å². The van der Waals surface area contributed by atoms with Crippen LogP contribution in [0.15, 0.2) is 36.4 Å². The van der Waals surface area contributed by atoms with E-state index < -0.39 is 18.0 Å². The minimum atomic E-state index is -1.07. The Hall–Kier alpha value is -3.73. The van der Waals surface area contributed by atoms with Gasteiger partial charge in [0, 0.05) is 5.69 Å². The number of ether oxygens (including phenoxy) is 4. The molecule has 8 heteroatoms. The molecule has 0 saturated heterocycles. The van der Waals surface area contributed by atoms with Crippen molar-refractivity contribution in [1.29, 1.82) is 5.26 Å². The van der Waals surface area contributed by atoms with Crippen LogP contribution in [0.25, 0.3) is 0 Å². The van der Waals surface area contributed by atoms with Gasteiger partial charge in [0.2, 0.25) is 5.75 Å². The Bertz CT molecular complexity index is 902. The third-order valence-electron chi connectivity index (χ3n) is 3.86. The second kappa shape index (κ2) is 9.28. The highest BCUT2D eigenvalue weighted by Gasteiger charge is 2.25. The Kier molecular flexibility index (Phi) is 6.82. The summed E-state index contributed by atoms with van der Waals surface area (Å²) in [6, 6.07) is 11.3. The van der Waals surface area contributed by atoms with Crippen LogP contribution in [-0.2, 0) is 9.53 Å². The number of nitriles is 1. The number of carbonyl (C=O) groups is 2. The second-order valence-corrected chi connectivity index (χ2v) is 5.61. The predicted molar refractivity (Wildman–Crippen MR) is 101 cm³/mol. The molecule has 0 radical (unpaired) electrons. The molecule has 0 spiro atoms. The highest BCUT2D eigenvalue weighted by molar-refractivity contribution is 5.99. The van der Waals surface area contributed by atoms with Crippen LogP contribution in [0.3, 0.4) is 0 Å². The summed E-state index contributed by atoms with van der Waals surface area (Å²) in [4.78, 5) is 24.8. The lowest BCUT2D eigenvalue weighted by Crippen LogP contribution is -2.30. The van der Waals surface area contributed by atoms with Crippen LogP contribution in [-0.4, -0.2) is 39.3 Å². The van der Waals surface area contributed by atoms with Gasteiger partial charge in [0.15, 0.2) is 17.6 Å². The molecule has 0 aliphatic rings. The first kappa shape index (κ1) is 20.6. The lowest BCUT2D eigenvalue weighted by atomic mass is 10.1. The van der Waals surface area contributed by atoms with Crippen molar-refractivity contribution < 1.29 is 28.5 Å². The molecule has 2 rings (SSSR count). The van der Waals surface area contributed by atoms with Gasteiger partial charge in [-0.25, -0.2) is 4.79 Å². The zero-order chi connectivity index (χ0) is 20.7. The van der Waals surface area contributed by atoms with Crippen LogP contribution in [0.5, 0.6) is 17.2 Å². The molecule has 0 bridgehead atoms. The van der Waals surface area contributed by atoms with E-state index in [1.807, 2.05) is 6.07 Å². The van der Waals surface area contributed by atoms with E-state index in [2.05, 4.69) is 5.32 Å². The predicted octanol–water partition coefficient (Wildman–Crippen LogP) is 2.77. The molecule has 0 fully saturated rings. The Labute approximate surface area is 162 Å². The second-order valence-electron chi connectivity index (χ2n) is 5.61. The van der Waals surface area contributed by atoms with E-state index in [1.165, 1.54) is 34.3 Å². The average molecular weight is 384 g/mol. The third-order valence-corrected chi connectivity index (χ3v) is 3.86. The average Bonchev–Trinajstić information content (AvgIpc) is 2.72. The number of esters is 1. The number of hydrogen-bond acceptors (Lipinski definition) is 7. The lowest BCUT2D eigenvalue weighted by Gasteiger charge is -2.17. The summed E-state index contributed by atoms with van der Waals surface area (Å²) in [5.41, 5.74) is 1.05. The van der Waals surface area contributed by atoms with Gasteiger partial charge in [-0.1, -0.05) is 0 Å². The smallest absolute Gasteiger partial charge is 0.342 e. The van der Waals surface area contributed by atoms with Gasteiger partial charge < -0.3 is 24.3 Å². The molecule has 0 aliphatic heterocycles. The molecule has 146 valence electrons. The molecule has 0 unspecified atom stereocenters. The maximum atomic E-state index is 12.5. The molecule has 0 heterocycles. The number of benzene rings is 2. The summed E-state index contributed by atoms with van der Waals surface area (Å²) in [5.74, 6) is -0.485. The molecular formula is C20H20N2O6. The van der Waals surface area contributed by atoms with Crippen LogP contribution in [0, 0.1) is 11.3 Å². The zero-order valence-corrected chi connectivity index (χ0v) is 15.9. The first-order valence-corrected chi connectivity index (χ1v) is 8.26. The third kappa shape index (κ3) is 4.51. The molecule has 8 nitrogen and oxygen atoms in total. The minimum Gasteiger partial charge on any atom is -0.493 e. The molecule has 0 aromatic heterocycles. The molecule has 28 heavy (non-hydrogen) atoms. The van der Waals surface area contributed by atoms with Gasteiger partial charge in [-0.05, 0) is 43.3 Å². The fraction of sp³-hybridized carbons (Fsp3) is 0.250. The van der Waals surface area contributed by atoms with Gasteiger partial charge in [0.1, 0.15) is 5.56 Å². The normalized spacial score (nSPS) is 11.0. The number of methoxy groups -OCH3 is 3. The highest BCUT2D eigenvalue weighted by Crippen LogP contribution is 2.40. The van der Waals surface area contributed by atoms with Crippen LogP contribution in [0.2, 0.25) is 0 Å². The van der Waals surface area contributed by atoms with Crippen molar-refractivity contribution in [2.45, 2.75) is 13.0 Å². The van der Waals surface area contributed by atoms with Crippen molar-refractivity contribution in [2.24, 2.45) is 0 Å². The van der Waals surface area contributed by atoms with Crippen LogP contribution in [0.1, 0.15) is 22.8 Å². The number of amides is 1. The van der Waals surface area contributed by atoms with Gasteiger partial charge >= 0.3 is 5.97 Å².